The van der Waals surface area contributed by atoms with Crippen LogP contribution in [0, 0.1) is 0 Å². The molecule has 0 atom stereocenters. The van der Waals surface area contributed by atoms with Crippen LogP contribution in [0.25, 0.3) is 0 Å². The first-order valence-corrected chi connectivity index (χ1v) is 2.62. The topological polar surface area (TPSA) is 28.0 Å². The maximum Gasteiger partial charge on any atom is 0.128 e. The maximum absolute atomic E-state index is 3.53. The van der Waals surface area contributed by atoms with Gasteiger partial charge in [0.1, 0.15) is 6.34 Å². The van der Waals surface area contributed by atoms with Crippen LogP contribution >= 0.6 is 22.9 Å². The molecule has 0 radical (unpaired) electrons. The van der Waals surface area contributed by atoms with E-state index in [9.17, 15) is 0 Å². The third kappa shape index (κ3) is 1.29. The van der Waals surface area contributed by atoms with Crippen molar-refractivity contribution in [2.45, 2.75) is 0 Å². The molecule has 1 aliphatic rings. The van der Waals surface area contributed by atoms with Gasteiger partial charge in [-0.25, -0.2) is 0 Å². The first-order valence-electron chi connectivity index (χ1n) is 1.66. The molecule has 36 valence electrons. The summed E-state index contributed by atoms with van der Waals surface area (Å²) in [7, 11) is 0. The average Bonchev–Trinajstić information content (AvgIpc) is 1.69. The monoisotopic (exact) mass is 207 g/mol. The lowest BCUT2D eigenvalue weighted by atomic mass is 10.9. The normalized spacial score (nSPS) is 15.9. The number of rotatable bonds is 0. The minimum absolute atomic E-state index is 1.59. The highest BCUT2D eigenvalue weighted by atomic mass is 127. The summed E-state index contributed by atoms with van der Waals surface area (Å²) >= 11 is 2.06. The molecule has 0 fully saturated rings. The van der Waals surface area contributed by atoms with E-state index in [2.05, 4.69) is 38.9 Å². The Balaban J connectivity index is 2.77. The van der Waals surface area contributed by atoms with E-state index >= 15 is 0 Å². The van der Waals surface area contributed by atoms with Crippen molar-refractivity contribution in [3.8, 4) is 0 Å². The van der Waals surface area contributed by atoms with Gasteiger partial charge in [0.05, 0.1) is 29.1 Å². The molecule has 0 bridgehead atoms. The van der Waals surface area contributed by atoms with Crippen molar-refractivity contribution >= 4 is 35.1 Å². The Bertz CT molecular complexity index is 144. The number of nitrogens with zero attached hydrogens (tertiary/aromatic N) is 3. The minimum Gasteiger partial charge on any atom is -0.269 e. The summed E-state index contributed by atoms with van der Waals surface area (Å²) in [6, 6.07) is 0. The predicted octanol–water partition coefficient (Wildman–Crippen LogP) is 0.779. The molecule has 1 rings (SSSR count). The Hall–Kier alpha value is -0.350. The highest BCUT2D eigenvalue weighted by molar-refractivity contribution is 14.1. The third-order valence-electron chi connectivity index (χ3n) is 0.458. The fourth-order valence-corrected chi connectivity index (χ4v) is 0.459. The molecule has 0 aliphatic carbocycles. The van der Waals surface area contributed by atoms with E-state index in [0.29, 0.717) is 0 Å². The van der Waals surface area contributed by atoms with Crippen LogP contribution in [0.1, 0.15) is 0 Å². The zero-order valence-electron chi connectivity index (χ0n) is 3.37. The van der Waals surface area contributed by atoms with Crippen LogP contribution in [0.4, 0.5) is 0 Å². The van der Waals surface area contributed by atoms with Crippen molar-refractivity contribution in [2.75, 3.05) is 0 Å². The van der Waals surface area contributed by atoms with Crippen molar-refractivity contribution in [2.24, 2.45) is 10.2 Å². The van der Waals surface area contributed by atoms with Crippen LogP contribution in [0.15, 0.2) is 16.4 Å². The second-order valence-corrected chi connectivity index (χ2v) is 2.05. The Morgan fingerprint density at radius 3 is 2.86 bits per heavy atom. The Morgan fingerprint density at radius 2 is 2.57 bits per heavy atom. The lowest BCUT2D eigenvalue weighted by Gasteiger charge is -1.98. The Kier molecular flexibility index (Phi) is 1.43. The van der Waals surface area contributed by atoms with E-state index in [1.165, 1.54) is 0 Å². The number of hydrogen-bond donors (Lipinski definition) is 0. The highest BCUT2D eigenvalue weighted by Gasteiger charge is 1.84. The molecule has 4 heteroatoms. The van der Waals surface area contributed by atoms with Gasteiger partial charge in [0.25, 0.3) is 0 Å². The summed E-state index contributed by atoms with van der Waals surface area (Å²) in [4.78, 5) is 0. The predicted molar refractivity (Wildman–Crippen MR) is 36.4 cm³/mol. The van der Waals surface area contributed by atoms with Gasteiger partial charge in [-0.3, -0.25) is 3.11 Å². The fourth-order valence-electron chi connectivity index (χ4n) is 0.223. The van der Waals surface area contributed by atoms with Gasteiger partial charge in [-0.2, -0.15) is 0 Å². The van der Waals surface area contributed by atoms with Gasteiger partial charge in [0.2, 0.25) is 0 Å². The van der Waals surface area contributed by atoms with Gasteiger partial charge in [0.15, 0.2) is 0 Å². The van der Waals surface area contributed by atoms with Gasteiger partial charge in [0, 0.05) is 5.87 Å². The molecule has 7 heavy (non-hydrogen) atoms. The first-order chi connectivity index (χ1) is 3.39. The summed E-state index contributed by atoms with van der Waals surface area (Å²) in [6.45, 7) is 0. The molecule has 0 aromatic carbocycles. The molecular formula is C3H2IN3. The van der Waals surface area contributed by atoms with Crippen molar-refractivity contribution in [1.29, 1.82) is 0 Å². The lowest BCUT2D eigenvalue weighted by Crippen LogP contribution is -1.99. The molecule has 0 amide bonds. The van der Waals surface area contributed by atoms with Gasteiger partial charge in [-0.05, 0) is 0 Å². The summed E-state index contributed by atoms with van der Waals surface area (Å²) in [6.07, 6.45) is 3.28. The molecule has 1 aliphatic heterocycles. The maximum atomic E-state index is 3.53. The first kappa shape index (κ1) is 4.80. The second-order valence-electron chi connectivity index (χ2n) is 0.933. The van der Waals surface area contributed by atoms with Crippen molar-refractivity contribution < 1.29 is 0 Å². The Morgan fingerprint density at radius 1 is 1.71 bits per heavy atom. The standard InChI is InChI=1S/C3H2IN3/c4-7-2-1-5-6-3-7/h2-3H. The van der Waals surface area contributed by atoms with Gasteiger partial charge in [-0.1, -0.05) is 0 Å². The van der Waals surface area contributed by atoms with Gasteiger partial charge >= 0.3 is 0 Å². The molecule has 3 nitrogen and oxygen atoms in total. The molecule has 0 saturated carbocycles. The molecular weight excluding hydrogens is 205 g/mol. The van der Waals surface area contributed by atoms with E-state index < -0.39 is 0 Å². The zero-order valence-corrected chi connectivity index (χ0v) is 5.53. The van der Waals surface area contributed by atoms with Crippen LogP contribution in [0.5, 0.6) is 0 Å². The fraction of sp³-hybridized carbons (Fsp3) is 0. The van der Waals surface area contributed by atoms with Crippen molar-refractivity contribution in [3.63, 3.8) is 0 Å². The molecule has 0 N–H and O–H groups in total. The van der Waals surface area contributed by atoms with Crippen LogP contribution < -0.4 is 0 Å². The van der Waals surface area contributed by atoms with Crippen LogP contribution in [0.3, 0.4) is 0 Å². The van der Waals surface area contributed by atoms with Crippen LogP contribution in [-0.4, -0.2) is 15.3 Å². The minimum atomic E-state index is 1.59. The van der Waals surface area contributed by atoms with Crippen molar-refractivity contribution in [1.82, 2.24) is 3.11 Å². The van der Waals surface area contributed by atoms with Crippen LogP contribution in [0.2, 0.25) is 0 Å². The van der Waals surface area contributed by atoms with E-state index in [-0.39, 0.29) is 0 Å². The molecule has 0 aromatic rings. The van der Waals surface area contributed by atoms with E-state index in [4.69, 9.17) is 0 Å². The summed E-state index contributed by atoms with van der Waals surface area (Å²) < 4.78 is 1.74. The van der Waals surface area contributed by atoms with E-state index in [0.717, 1.165) is 0 Å². The van der Waals surface area contributed by atoms with Gasteiger partial charge < -0.3 is 0 Å². The van der Waals surface area contributed by atoms with E-state index in [1.54, 1.807) is 15.7 Å². The molecule has 0 aromatic heterocycles. The average molecular weight is 207 g/mol. The highest BCUT2D eigenvalue weighted by Crippen LogP contribution is 1.94. The number of halogens is 1. The zero-order chi connectivity index (χ0) is 5.11. The van der Waals surface area contributed by atoms with E-state index in [1.807, 2.05) is 0 Å². The largest absolute Gasteiger partial charge is 0.269 e. The molecule has 1 heterocycles. The van der Waals surface area contributed by atoms with Gasteiger partial charge in [-0.15, -0.1) is 10.2 Å². The SMILES string of the molecule is IN1C=C=NN=C1. The summed E-state index contributed by atoms with van der Waals surface area (Å²) in [5.74, 6) is 2.56. The van der Waals surface area contributed by atoms with Crippen LogP contribution in [-0.2, 0) is 0 Å². The Labute approximate surface area is 54.9 Å². The second kappa shape index (κ2) is 2.09. The quantitative estimate of drug-likeness (QED) is 0.426. The summed E-state index contributed by atoms with van der Waals surface area (Å²) in [5, 5.41) is 6.98. The number of hydrogen-bond acceptors (Lipinski definition) is 3. The third-order valence-corrected chi connectivity index (χ3v) is 0.986. The lowest BCUT2D eigenvalue weighted by molar-refractivity contribution is 1.00. The molecule has 0 saturated heterocycles. The smallest absolute Gasteiger partial charge is 0.128 e. The summed E-state index contributed by atoms with van der Waals surface area (Å²) in [5.41, 5.74) is 0. The molecule has 0 spiro atoms. The van der Waals surface area contributed by atoms with Crippen molar-refractivity contribution in [3.05, 3.63) is 6.20 Å². The molecule has 0 unspecified atom stereocenters.